The summed E-state index contributed by atoms with van der Waals surface area (Å²) < 4.78 is 1.90. The quantitative estimate of drug-likeness (QED) is 0.770. The smallest absolute Gasteiger partial charge is 0.254 e. The molecule has 3 aromatic heterocycles. The van der Waals surface area contributed by atoms with Gasteiger partial charge < -0.3 is 10.2 Å². The number of pyridine rings is 1. The summed E-state index contributed by atoms with van der Waals surface area (Å²) >= 11 is 1.63. The molecule has 1 aliphatic heterocycles. The van der Waals surface area contributed by atoms with Crippen molar-refractivity contribution in [2.45, 2.75) is 26.3 Å². The fraction of sp³-hybridized carbons (Fsp3) is 0.421. The van der Waals surface area contributed by atoms with Gasteiger partial charge in [0.25, 0.3) is 5.91 Å². The second-order valence-electron chi connectivity index (χ2n) is 6.85. The van der Waals surface area contributed by atoms with Crippen LogP contribution < -0.4 is 5.32 Å². The van der Waals surface area contributed by atoms with Crippen molar-refractivity contribution in [1.82, 2.24) is 25.0 Å². The van der Waals surface area contributed by atoms with Crippen LogP contribution in [0.2, 0.25) is 0 Å². The van der Waals surface area contributed by atoms with E-state index in [4.69, 9.17) is 4.98 Å². The van der Waals surface area contributed by atoms with Crippen molar-refractivity contribution in [2.24, 2.45) is 0 Å². The van der Waals surface area contributed by atoms with E-state index in [2.05, 4.69) is 24.3 Å². The van der Waals surface area contributed by atoms with Gasteiger partial charge in [-0.2, -0.15) is 5.10 Å². The molecule has 0 radical (unpaired) electrons. The molecular weight excluding hydrogens is 346 g/mol. The number of aromatic nitrogens is 3. The normalized spacial score (nSPS) is 15.6. The number of carbonyl (C=O) groups is 1. The number of nitrogens with one attached hydrogen (secondary N) is 1. The largest absolute Gasteiger partial charge is 0.337 e. The highest BCUT2D eigenvalue weighted by Crippen LogP contribution is 2.29. The predicted molar refractivity (Wildman–Crippen MR) is 105 cm³/mol. The van der Waals surface area contributed by atoms with E-state index in [0.29, 0.717) is 5.56 Å². The Kier molecular flexibility index (Phi) is 4.74. The maximum Gasteiger partial charge on any atom is 0.254 e. The average Bonchev–Trinajstić information content (AvgIpc) is 3.24. The zero-order valence-electron chi connectivity index (χ0n) is 15.1. The van der Waals surface area contributed by atoms with Crippen molar-refractivity contribution in [3.05, 3.63) is 35.3 Å². The topological polar surface area (TPSA) is 63.1 Å². The van der Waals surface area contributed by atoms with Crippen molar-refractivity contribution in [2.75, 3.05) is 26.2 Å². The van der Waals surface area contributed by atoms with Crippen molar-refractivity contribution in [3.63, 3.8) is 0 Å². The third-order valence-electron chi connectivity index (χ3n) is 4.69. The SMILES string of the molecule is CC(C)n1ncc2c(C(=O)N3CCCNCC3)cc(-c3cccs3)nc21. The van der Waals surface area contributed by atoms with E-state index in [0.717, 1.165) is 54.2 Å². The summed E-state index contributed by atoms with van der Waals surface area (Å²) in [6, 6.07) is 6.16. The molecule has 136 valence electrons. The van der Waals surface area contributed by atoms with Gasteiger partial charge in [0.15, 0.2) is 5.65 Å². The fourth-order valence-electron chi connectivity index (χ4n) is 3.34. The highest BCUT2D eigenvalue weighted by Gasteiger charge is 2.23. The molecule has 1 aliphatic rings. The Morgan fingerprint density at radius 2 is 2.19 bits per heavy atom. The fourth-order valence-corrected chi connectivity index (χ4v) is 4.03. The van der Waals surface area contributed by atoms with Crippen LogP contribution in [0, 0.1) is 0 Å². The van der Waals surface area contributed by atoms with E-state index in [-0.39, 0.29) is 11.9 Å². The third-order valence-corrected chi connectivity index (χ3v) is 5.58. The second kappa shape index (κ2) is 7.17. The summed E-state index contributed by atoms with van der Waals surface area (Å²) in [5, 5.41) is 10.7. The first-order valence-corrected chi connectivity index (χ1v) is 9.95. The molecule has 4 rings (SSSR count). The molecule has 1 N–H and O–H groups in total. The van der Waals surface area contributed by atoms with Crippen LogP contribution in [0.4, 0.5) is 0 Å². The Bertz CT molecular complexity index is 908. The van der Waals surface area contributed by atoms with Gasteiger partial charge in [-0.1, -0.05) is 6.07 Å². The number of rotatable bonds is 3. The first kappa shape index (κ1) is 17.2. The second-order valence-corrected chi connectivity index (χ2v) is 7.80. The summed E-state index contributed by atoms with van der Waals surface area (Å²) in [7, 11) is 0. The van der Waals surface area contributed by atoms with Gasteiger partial charge in [0.2, 0.25) is 0 Å². The average molecular weight is 369 g/mol. The van der Waals surface area contributed by atoms with Crippen LogP contribution in [0.25, 0.3) is 21.6 Å². The lowest BCUT2D eigenvalue weighted by atomic mass is 10.1. The van der Waals surface area contributed by atoms with Crippen LogP contribution in [0.5, 0.6) is 0 Å². The number of hydrogen-bond donors (Lipinski definition) is 1. The molecule has 0 aliphatic carbocycles. The van der Waals surface area contributed by atoms with E-state index in [9.17, 15) is 4.79 Å². The summed E-state index contributed by atoms with van der Waals surface area (Å²) in [6.07, 6.45) is 2.76. The molecule has 1 fully saturated rings. The van der Waals surface area contributed by atoms with Gasteiger partial charge in [0.05, 0.1) is 27.7 Å². The first-order chi connectivity index (χ1) is 12.6. The third kappa shape index (κ3) is 3.12. The van der Waals surface area contributed by atoms with Crippen molar-refractivity contribution >= 4 is 28.3 Å². The molecule has 0 bridgehead atoms. The minimum atomic E-state index is 0.0715. The van der Waals surface area contributed by atoms with E-state index in [1.807, 2.05) is 33.2 Å². The highest BCUT2D eigenvalue weighted by molar-refractivity contribution is 7.13. The number of thiophene rings is 1. The van der Waals surface area contributed by atoms with Crippen LogP contribution in [-0.4, -0.2) is 51.8 Å². The maximum absolute atomic E-state index is 13.3. The van der Waals surface area contributed by atoms with Gasteiger partial charge in [-0.15, -0.1) is 11.3 Å². The van der Waals surface area contributed by atoms with Crippen molar-refractivity contribution in [3.8, 4) is 10.6 Å². The summed E-state index contributed by atoms with van der Waals surface area (Å²) in [6.45, 7) is 7.46. The number of nitrogens with zero attached hydrogens (tertiary/aromatic N) is 4. The molecule has 26 heavy (non-hydrogen) atoms. The Morgan fingerprint density at radius 1 is 1.31 bits per heavy atom. The molecule has 0 atom stereocenters. The maximum atomic E-state index is 13.3. The first-order valence-electron chi connectivity index (χ1n) is 9.07. The summed E-state index contributed by atoms with van der Waals surface area (Å²) in [5.74, 6) is 0.0715. The molecule has 3 aromatic rings. The van der Waals surface area contributed by atoms with E-state index in [1.54, 1.807) is 17.5 Å². The van der Waals surface area contributed by atoms with Gasteiger partial charge >= 0.3 is 0 Å². The Morgan fingerprint density at radius 3 is 2.96 bits per heavy atom. The van der Waals surface area contributed by atoms with Crippen LogP contribution in [0.3, 0.4) is 0 Å². The van der Waals surface area contributed by atoms with Gasteiger partial charge in [-0.05, 0) is 44.3 Å². The monoisotopic (exact) mass is 369 g/mol. The minimum absolute atomic E-state index is 0.0715. The van der Waals surface area contributed by atoms with Crippen LogP contribution in [0.1, 0.15) is 36.7 Å². The van der Waals surface area contributed by atoms with Gasteiger partial charge in [0.1, 0.15) is 0 Å². The van der Waals surface area contributed by atoms with E-state index in [1.165, 1.54) is 0 Å². The van der Waals surface area contributed by atoms with Crippen molar-refractivity contribution in [1.29, 1.82) is 0 Å². The van der Waals surface area contributed by atoms with Gasteiger partial charge in [-0.25, -0.2) is 9.67 Å². The standard InChI is InChI=1S/C19H23N5OS/c1-13(2)24-18-15(12-21-24)14(11-16(22-18)17-5-3-10-26-17)19(25)23-8-4-6-20-7-9-23/h3,5,10-13,20H,4,6-9H2,1-2H3. The molecule has 4 heterocycles. The Balaban J connectivity index is 1.85. The molecular formula is C19H23N5OS. The number of carbonyl (C=O) groups excluding carboxylic acids is 1. The van der Waals surface area contributed by atoms with Gasteiger partial charge in [-0.3, -0.25) is 4.79 Å². The number of amides is 1. The molecule has 0 saturated carbocycles. The van der Waals surface area contributed by atoms with E-state index < -0.39 is 0 Å². The lowest BCUT2D eigenvalue weighted by Crippen LogP contribution is -2.34. The predicted octanol–water partition coefficient (Wildman–Crippen LogP) is 3.18. The molecule has 0 spiro atoms. The van der Waals surface area contributed by atoms with Crippen LogP contribution in [-0.2, 0) is 0 Å². The molecule has 1 saturated heterocycles. The van der Waals surface area contributed by atoms with E-state index >= 15 is 0 Å². The lowest BCUT2D eigenvalue weighted by molar-refractivity contribution is 0.0768. The summed E-state index contributed by atoms with van der Waals surface area (Å²) in [4.78, 5) is 21.1. The number of fused-ring (bicyclic) bond motifs is 1. The number of hydrogen-bond acceptors (Lipinski definition) is 5. The highest BCUT2D eigenvalue weighted by atomic mass is 32.1. The Labute approximate surface area is 156 Å². The molecule has 7 heteroatoms. The minimum Gasteiger partial charge on any atom is -0.337 e. The van der Waals surface area contributed by atoms with Crippen LogP contribution >= 0.6 is 11.3 Å². The van der Waals surface area contributed by atoms with Crippen molar-refractivity contribution < 1.29 is 4.79 Å². The zero-order valence-corrected chi connectivity index (χ0v) is 15.9. The lowest BCUT2D eigenvalue weighted by Gasteiger charge is -2.20. The summed E-state index contributed by atoms with van der Waals surface area (Å²) in [5.41, 5.74) is 2.32. The molecule has 0 unspecified atom stereocenters. The van der Waals surface area contributed by atoms with Crippen LogP contribution in [0.15, 0.2) is 29.8 Å². The molecule has 6 nitrogen and oxygen atoms in total. The molecule has 0 aromatic carbocycles. The Hall–Kier alpha value is -2.25. The van der Waals surface area contributed by atoms with Gasteiger partial charge in [0, 0.05) is 25.7 Å². The zero-order chi connectivity index (χ0) is 18.1. The molecule has 1 amide bonds.